The molecule has 1 heterocycles. The first-order chi connectivity index (χ1) is 15.1. The molecule has 0 N–H and O–H groups in total. The molecular formula is C28H27NO2. The van der Waals surface area contributed by atoms with Crippen LogP contribution in [0.5, 0.6) is 0 Å². The average Bonchev–Trinajstić information content (AvgIpc) is 2.78. The van der Waals surface area contributed by atoms with Gasteiger partial charge in [-0.05, 0) is 39.9 Å². The Kier molecular flexibility index (Phi) is 6.42. The number of nitrogens with zero attached hydrogens (tertiary/aromatic N) is 1. The molecule has 0 aliphatic heterocycles. The van der Waals surface area contributed by atoms with Crippen LogP contribution in [0, 0.1) is 5.92 Å². The summed E-state index contributed by atoms with van der Waals surface area (Å²) in [6, 6.07) is 30.5. The van der Waals surface area contributed by atoms with Gasteiger partial charge in [0.2, 0.25) is 0 Å². The summed E-state index contributed by atoms with van der Waals surface area (Å²) < 4.78 is 5.72. The van der Waals surface area contributed by atoms with Crippen molar-refractivity contribution in [2.24, 2.45) is 5.92 Å². The summed E-state index contributed by atoms with van der Waals surface area (Å²) in [5.74, 6) is -0.385. The van der Waals surface area contributed by atoms with Gasteiger partial charge in [-0.25, -0.2) is 0 Å². The number of hydrogen-bond acceptors (Lipinski definition) is 3. The Hall–Kier alpha value is -3.46. The number of benzene rings is 3. The molecule has 1 unspecified atom stereocenters. The Morgan fingerprint density at radius 3 is 2.29 bits per heavy atom. The van der Waals surface area contributed by atoms with Crippen LogP contribution in [0.1, 0.15) is 42.3 Å². The van der Waals surface area contributed by atoms with Gasteiger partial charge in [-0.1, -0.05) is 92.7 Å². The third-order valence-corrected chi connectivity index (χ3v) is 5.51. The van der Waals surface area contributed by atoms with Gasteiger partial charge < -0.3 is 4.74 Å². The Morgan fingerprint density at radius 1 is 0.806 bits per heavy atom. The van der Waals surface area contributed by atoms with Gasteiger partial charge in [-0.2, -0.15) is 0 Å². The second kappa shape index (κ2) is 9.57. The van der Waals surface area contributed by atoms with Crippen molar-refractivity contribution >= 4 is 16.7 Å². The van der Waals surface area contributed by atoms with E-state index in [4.69, 9.17) is 4.74 Å². The summed E-state index contributed by atoms with van der Waals surface area (Å²) in [7, 11) is 0. The lowest BCUT2D eigenvalue weighted by Gasteiger charge is -2.20. The van der Waals surface area contributed by atoms with Gasteiger partial charge in [0.15, 0.2) is 0 Å². The molecule has 0 fully saturated rings. The maximum Gasteiger partial charge on any atom is 0.314 e. The standard InChI is InChI=1S/C28H27NO2/c1-20(2)27(24-16-15-22-11-6-7-12-23(22)18-24)28(30)31-19-26-14-8-13-25(29-26)17-21-9-4-3-5-10-21/h3-16,18,20,27H,17,19H2,1-2H3. The van der Waals surface area contributed by atoms with Crippen LogP contribution in [0.4, 0.5) is 0 Å². The quantitative estimate of drug-likeness (QED) is 0.336. The number of carbonyl (C=O) groups excluding carboxylic acids is 1. The molecule has 1 atom stereocenters. The van der Waals surface area contributed by atoms with Crippen LogP contribution < -0.4 is 0 Å². The Balaban J connectivity index is 1.46. The smallest absolute Gasteiger partial charge is 0.314 e. The molecule has 0 amide bonds. The molecule has 0 aliphatic rings. The first kappa shape index (κ1) is 20.8. The minimum atomic E-state index is -0.308. The lowest BCUT2D eigenvalue weighted by atomic mass is 9.87. The highest BCUT2D eigenvalue weighted by atomic mass is 16.5. The van der Waals surface area contributed by atoms with Crippen molar-refractivity contribution in [2.45, 2.75) is 32.8 Å². The molecule has 3 nitrogen and oxygen atoms in total. The first-order valence-electron chi connectivity index (χ1n) is 10.7. The van der Waals surface area contributed by atoms with E-state index in [0.29, 0.717) is 0 Å². The molecule has 3 heteroatoms. The van der Waals surface area contributed by atoms with Crippen LogP contribution in [-0.4, -0.2) is 11.0 Å². The van der Waals surface area contributed by atoms with Gasteiger partial charge in [0.05, 0.1) is 11.6 Å². The fraction of sp³-hybridized carbons (Fsp3) is 0.214. The molecule has 31 heavy (non-hydrogen) atoms. The zero-order chi connectivity index (χ0) is 21.6. The van der Waals surface area contributed by atoms with Crippen molar-refractivity contribution < 1.29 is 9.53 Å². The number of hydrogen-bond donors (Lipinski definition) is 0. The van der Waals surface area contributed by atoms with Crippen molar-refractivity contribution in [1.29, 1.82) is 0 Å². The molecule has 0 saturated carbocycles. The fourth-order valence-corrected chi connectivity index (χ4v) is 3.94. The minimum absolute atomic E-state index is 0.131. The van der Waals surface area contributed by atoms with Crippen molar-refractivity contribution in [3.8, 4) is 0 Å². The maximum atomic E-state index is 13.0. The largest absolute Gasteiger partial charge is 0.459 e. The van der Waals surface area contributed by atoms with E-state index in [-0.39, 0.29) is 24.4 Å². The zero-order valence-electron chi connectivity index (χ0n) is 18.0. The summed E-state index contributed by atoms with van der Waals surface area (Å²) in [6.07, 6.45) is 0.758. The second-order valence-electron chi connectivity index (χ2n) is 8.22. The fourth-order valence-electron chi connectivity index (χ4n) is 3.94. The molecule has 0 radical (unpaired) electrons. The number of rotatable bonds is 7. The molecule has 0 aliphatic carbocycles. The van der Waals surface area contributed by atoms with Gasteiger partial charge >= 0.3 is 5.97 Å². The SMILES string of the molecule is CC(C)C(C(=O)OCc1cccc(Cc2ccccc2)n1)c1ccc2ccccc2c1. The molecular weight excluding hydrogens is 382 g/mol. The summed E-state index contributed by atoms with van der Waals surface area (Å²) in [5.41, 5.74) is 3.93. The van der Waals surface area contributed by atoms with E-state index >= 15 is 0 Å². The van der Waals surface area contributed by atoms with Gasteiger partial charge in [-0.3, -0.25) is 9.78 Å². The van der Waals surface area contributed by atoms with Gasteiger partial charge in [0.25, 0.3) is 0 Å². The van der Waals surface area contributed by atoms with Crippen LogP contribution >= 0.6 is 0 Å². The van der Waals surface area contributed by atoms with Crippen molar-refractivity contribution in [2.75, 3.05) is 0 Å². The number of fused-ring (bicyclic) bond motifs is 1. The van der Waals surface area contributed by atoms with Crippen molar-refractivity contribution in [3.63, 3.8) is 0 Å². The van der Waals surface area contributed by atoms with E-state index in [1.54, 1.807) is 0 Å². The Bertz CT molecular complexity index is 1170. The number of ether oxygens (including phenoxy) is 1. The van der Waals surface area contributed by atoms with Crippen molar-refractivity contribution in [1.82, 2.24) is 4.98 Å². The van der Waals surface area contributed by atoms with Gasteiger partial charge in [0.1, 0.15) is 6.61 Å². The molecule has 4 aromatic rings. The summed E-state index contributed by atoms with van der Waals surface area (Å²) >= 11 is 0. The minimum Gasteiger partial charge on any atom is -0.459 e. The van der Waals surface area contributed by atoms with Crippen LogP contribution in [0.3, 0.4) is 0 Å². The van der Waals surface area contributed by atoms with Crippen LogP contribution in [-0.2, 0) is 22.6 Å². The second-order valence-corrected chi connectivity index (χ2v) is 8.22. The third-order valence-electron chi connectivity index (χ3n) is 5.51. The summed E-state index contributed by atoms with van der Waals surface area (Å²) in [5, 5.41) is 2.30. The number of aromatic nitrogens is 1. The predicted molar refractivity (Wildman–Crippen MR) is 125 cm³/mol. The summed E-state index contributed by atoms with van der Waals surface area (Å²) in [6.45, 7) is 4.29. The van der Waals surface area contributed by atoms with E-state index in [9.17, 15) is 4.79 Å². The van der Waals surface area contributed by atoms with Crippen LogP contribution in [0.2, 0.25) is 0 Å². The van der Waals surface area contributed by atoms with Crippen LogP contribution in [0.25, 0.3) is 10.8 Å². The van der Waals surface area contributed by atoms with E-state index in [1.807, 2.05) is 54.6 Å². The highest BCUT2D eigenvalue weighted by molar-refractivity contribution is 5.86. The zero-order valence-corrected chi connectivity index (χ0v) is 18.0. The molecule has 3 aromatic carbocycles. The highest BCUT2D eigenvalue weighted by Gasteiger charge is 2.26. The van der Waals surface area contributed by atoms with E-state index in [2.05, 4.69) is 55.2 Å². The predicted octanol–water partition coefficient (Wildman–Crippen LogP) is 6.31. The monoisotopic (exact) mass is 409 g/mol. The molecule has 0 bridgehead atoms. The normalized spacial score (nSPS) is 12.1. The third kappa shape index (κ3) is 5.18. The topological polar surface area (TPSA) is 39.2 Å². The lowest BCUT2D eigenvalue weighted by molar-refractivity contribution is -0.148. The van der Waals surface area contributed by atoms with E-state index in [1.165, 1.54) is 10.9 Å². The van der Waals surface area contributed by atoms with Crippen LogP contribution in [0.15, 0.2) is 91.0 Å². The van der Waals surface area contributed by atoms with E-state index < -0.39 is 0 Å². The van der Waals surface area contributed by atoms with Gasteiger partial charge in [0, 0.05) is 12.1 Å². The van der Waals surface area contributed by atoms with Crippen molar-refractivity contribution in [3.05, 3.63) is 114 Å². The summed E-state index contributed by atoms with van der Waals surface area (Å²) in [4.78, 5) is 17.7. The van der Waals surface area contributed by atoms with Gasteiger partial charge in [-0.15, -0.1) is 0 Å². The van der Waals surface area contributed by atoms with E-state index in [0.717, 1.165) is 28.8 Å². The molecule has 1 aromatic heterocycles. The molecule has 0 saturated heterocycles. The molecule has 0 spiro atoms. The number of esters is 1. The molecule has 4 rings (SSSR count). The number of pyridine rings is 1. The average molecular weight is 410 g/mol. The Morgan fingerprint density at radius 2 is 1.52 bits per heavy atom. The highest BCUT2D eigenvalue weighted by Crippen LogP contribution is 2.29. The number of carbonyl (C=O) groups is 1. The lowest BCUT2D eigenvalue weighted by Crippen LogP contribution is -2.21. The Labute approximate surface area is 183 Å². The maximum absolute atomic E-state index is 13.0. The molecule has 156 valence electrons. The first-order valence-corrected chi connectivity index (χ1v) is 10.7.